The van der Waals surface area contributed by atoms with Gasteiger partial charge >= 0.3 is 0 Å². The molecule has 8 atom stereocenters. The molecule has 0 amide bonds. The molecule has 1 N–H and O–H groups in total. The van der Waals surface area contributed by atoms with Crippen molar-refractivity contribution < 1.29 is 5.11 Å². The normalized spacial score (nSPS) is 41.5. The Balaban J connectivity index is 0.00000117. The molecule has 0 spiro atoms. The topological polar surface area (TPSA) is 20.2 Å². The number of allylic oxidation sites excluding steroid dienone is 2. The molecule has 4 saturated carbocycles. The highest BCUT2D eigenvalue weighted by atomic mass is 16.3. The second-order valence-corrected chi connectivity index (χ2v) is 12.7. The molecular formula is C36H58O. The van der Waals surface area contributed by atoms with E-state index in [1.807, 2.05) is 13.8 Å². The summed E-state index contributed by atoms with van der Waals surface area (Å²) in [6.07, 6.45) is 40.5. The van der Waals surface area contributed by atoms with Crippen LogP contribution >= 0.6 is 0 Å². The lowest BCUT2D eigenvalue weighted by Gasteiger charge is -2.68. The van der Waals surface area contributed by atoms with Gasteiger partial charge in [0.15, 0.2) is 0 Å². The Morgan fingerprint density at radius 2 is 1.27 bits per heavy atom. The van der Waals surface area contributed by atoms with E-state index in [0.717, 1.165) is 30.1 Å². The van der Waals surface area contributed by atoms with Crippen molar-refractivity contribution in [3.63, 3.8) is 0 Å². The van der Waals surface area contributed by atoms with Crippen molar-refractivity contribution >= 4 is 0 Å². The van der Waals surface area contributed by atoms with Crippen molar-refractivity contribution in [1.82, 2.24) is 0 Å². The summed E-state index contributed by atoms with van der Waals surface area (Å²) >= 11 is 0. The summed E-state index contributed by atoms with van der Waals surface area (Å²) in [5.74, 6) is 5.15. The van der Waals surface area contributed by atoms with Crippen molar-refractivity contribution in [2.75, 3.05) is 0 Å². The largest absolute Gasteiger partial charge is 0.512 e. The SMILES string of the molecule is C#C.C#C.C#C.C=C.CC.CC1(C)C(O)=CC[C@@]2(C)C1CC[C@@]1(C)C3CC[C@@]4(C)CCCC4[C@H]3CCC12. The van der Waals surface area contributed by atoms with Gasteiger partial charge in [-0.1, -0.05) is 54.9 Å². The number of aliphatic hydroxyl groups excluding tert-OH is 1. The van der Waals surface area contributed by atoms with Gasteiger partial charge in [-0.25, -0.2) is 0 Å². The van der Waals surface area contributed by atoms with Gasteiger partial charge in [-0.15, -0.1) is 51.7 Å². The Bertz CT molecular complexity index is 781. The third kappa shape index (κ3) is 5.71. The molecule has 0 aromatic rings. The predicted octanol–water partition coefficient (Wildman–Crippen LogP) is 10.1. The van der Waals surface area contributed by atoms with Gasteiger partial charge < -0.3 is 5.11 Å². The highest BCUT2D eigenvalue weighted by Crippen LogP contribution is 2.72. The van der Waals surface area contributed by atoms with Crippen molar-refractivity contribution in [2.45, 2.75) is 113 Å². The minimum atomic E-state index is -0.0399. The molecule has 0 aliphatic heterocycles. The van der Waals surface area contributed by atoms with Crippen LogP contribution in [-0.2, 0) is 0 Å². The predicted molar refractivity (Wildman–Crippen MR) is 165 cm³/mol. The fourth-order valence-corrected chi connectivity index (χ4v) is 10.1. The monoisotopic (exact) mass is 506 g/mol. The molecule has 0 radical (unpaired) electrons. The highest BCUT2D eigenvalue weighted by molar-refractivity contribution is 5.21. The van der Waals surface area contributed by atoms with Crippen LogP contribution in [0.25, 0.3) is 0 Å². The quantitative estimate of drug-likeness (QED) is 0.256. The minimum absolute atomic E-state index is 0.0399. The fraction of sp³-hybridized carbons (Fsp3) is 0.722. The van der Waals surface area contributed by atoms with E-state index in [0.29, 0.717) is 27.9 Å². The summed E-state index contributed by atoms with van der Waals surface area (Å²) in [6, 6.07) is 0. The first-order valence-electron chi connectivity index (χ1n) is 14.5. The highest BCUT2D eigenvalue weighted by Gasteiger charge is 2.64. The Morgan fingerprint density at radius 3 is 1.84 bits per heavy atom. The molecule has 0 bridgehead atoms. The van der Waals surface area contributed by atoms with E-state index in [4.69, 9.17) is 0 Å². The number of fused-ring (bicyclic) bond motifs is 7. The lowest BCUT2D eigenvalue weighted by Crippen LogP contribution is -2.61. The fourth-order valence-electron chi connectivity index (χ4n) is 10.1. The maximum Gasteiger partial charge on any atom is 0.0942 e. The standard InChI is InChI=1S/C26H42O.C2H6.C2H4.3C2H2/c1-23(2)20-11-15-25(4)19-10-14-24(3)13-6-7-18(24)17(19)8-9-21(25)26(20,5)16-12-22(23)27;5*1-2/h12,17-21,27H,6-11,13-16H2,1-5H3;1-2H3;1-2H2;3*1-2H/t17-,18?,19?,20?,21?,24-,25+,26+;;;;;/m1...../s1. The zero-order valence-electron chi connectivity index (χ0n) is 25.4. The first kappa shape index (κ1) is 35.0. The van der Waals surface area contributed by atoms with Gasteiger partial charge in [0.05, 0.1) is 5.76 Å². The Hall–Kier alpha value is -2.04. The van der Waals surface area contributed by atoms with E-state index in [9.17, 15) is 5.11 Å². The summed E-state index contributed by atoms with van der Waals surface area (Å²) in [4.78, 5) is 0. The van der Waals surface area contributed by atoms with Crippen LogP contribution in [0.3, 0.4) is 0 Å². The van der Waals surface area contributed by atoms with Crippen LogP contribution < -0.4 is 0 Å². The molecule has 0 aromatic heterocycles. The Morgan fingerprint density at radius 1 is 0.703 bits per heavy atom. The third-order valence-electron chi connectivity index (χ3n) is 11.5. The first-order valence-corrected chi connectivity index (χ1v) is 14.5. The maximum atomic E-state index is 10.6. The zero-order chi connectivity index (χ0) is 29.2. The second-order valence-electron chi connectivity index (χ2n) is 12.7. The Kier molecular flexibility index (Phi) is 13.4. The van der Waals surface area contributed by atoms with E-state index < -0.39 is 0 Å². The van der Waals surface area contributed by atoms with Crippen molar-refractivity contribution in [3.8, 4) is 38.5 Å². The van der Waals surface area contributed by atoms with Crippen molar-refractivity contribution in [2.24, 2.45) is 51.2 Å². The second kappa shape index (κ2) is 14.2. The van der Waals surface area contributed by atoms with E-state index >= 15 is 0 Å². The molecule has 0 heterocycles. The van der Waals surface area contributed by atoms with Gasteiger partial charge in [0.25, 0.3) is 0 Å². The van der Waals surface area contributed by atoms with Crippen LogP contribution in [0.5, 0.6) is 0 Å². The van der Waals surface area contributed by atoms with Gasteiger partial charge in [-0.05, 0) is 110 Å². The minimum Gasteiger partial charge on any atom is -0.512 e. The summed E-state index contributed by atoms with van der Waals surface area (Å²) < 4.78 is 0. The molecule has 0 saturated heterocycles. The molecule has 1 nitrogen and oxygen atoms in total. The molecule has 37 heavy (non-hydrogen) atoms. The summed E-state index contributed by atoms with van der Waals surface area (Å²) in [5.41, 5.74) is 1.55. The molecule has 5 aliphatic rings. The molecule has 208 valence electrons. The van der Waals surface area contributed by atoms with Crippen LogP contribution in [-0.4, -0.2) is 5.11 Å². The smallest absolute Gasteiger partial charge is 0.0942 e. The molecule has 0 aromatic carbocycles. The summed E-state index contributed by atoms with van der Waals surface area (Å²) in [5, 5.41) is 10.6. The van der Waals surface area contributed by atoms with Gasteiger partial charge in [-0.2, -0.15) is 0 Å². The van der Waals surface area contributed by atoms with Crippen LogP contribution in [0, 0.1) is 89.8 Å². The first-order chi connectivity index (χ1) is 17.6. The number of aliphatic hydroxyl groups is 1. The van der Waals surface area contributed by atoms with Gasteiger partial charge in [0.1, 0.15) is 0 Å². The maximum absolute atomic E-state index is 10.6. The molecular weight excluding hydrogens is 448 g/mol. The van der Waals surface area contributed by atoms with Crippen LogP contribution in [0.15, 0.2) is 25.0 Å². The van der Waals surface area contributed by atoms with Crippen LogP contribution in [0.2, 0.25) is 0 Å². The van der Waals surface area contributed by atoms with Crippen LogP contribution in [0.4, 0.5) is 0 Å². The number of hydrogen-bond acceptors (Lipinski definition) is 1. The molecule has 5 rings (SSSR count). The van der Waals surface area contributed by atoms with E-state index in [-0.39, 0.29) is 5.41 Å². The lowest BCUT2D eigenvalue weighted by molar-refractivity contribution is -0.182. The Labute approximate surface area is 232 Å². The molecule has 4 fully saturated rings. The van der Waals surface area contributed by atoms with E-state index in [1.165, 1.54) is 57.8 Å². The average molecular weight is 507 g/mol. The average Bonchev–Trinajstić information content (AvgIpc) is 3.34. The molecule has 1 heteroatoms. The number of terminal acetylenes is 3. The zero-order valence-corrected chi connectivity index (χ0v) is 25.4. The van der Waals surface area contributed by atoms with E-state index in [2.05, 4.69) is 92.4 Å². The number of rotatable bonds is 0. The van der Waals surface area contributed by atoms with E-state index in [1.54, 1.807) is 0 Å². The number of hydrogen-bond donors (Lipinski definition) is 1. The van der Waals surface area contributed by atoms with Crippen molar-refractivity contribution in [3.05, 3.63) is 25.0 Å². The van der Waals surface area contributed by atoms with Gasteiger partial charge in [0.2, 0.25) is 0 Å². The summed E-state index contributed by atoms with van der Waals surface area (Å²) in [6.45, 7) is 22.6. The molecule has 5 aliphatic carbocycles. The van der Waals surface area contributed by atoms with Crippen LogP contribution in [0.1, 0.15) is 113 Å². The molecule has 4 unspecified atom stereocenters. The summed E-state index contributed by atoms with van der Waals surface area (Å²) in [7, 11) is 0. The van der Waals surface area contributed by atoms with Gasteiger partial charge in [-0.3, -0.25) is 0 Å². The van der Waals surface area contributed by atoms with Gasteiger partial charge in [0, 0.05) is 5.41 Å². The third-order valence-corrected chi connectivity index (χ3v) is 11.5. The van der Waals surface area contributed by atoms with Crippen molar-refractivity contribution in [1.29, 1.82) is 0 Å². The lowest BCUT2D eigenvalue weighted by atomic mass is 9.37.